The summed E-state index contributed by atoms with van der Waals surface area (Å²) in [6, 6.07) is 0. The Morgan fingerprint density at radius 2 is 2.18 bits per heavy atom. The van der Waals surface area contributed by atoms with Gasteiger partial charge >= 0.3 is 0 Å². The molecule has 0 heterocycles. The van der Waals surface area contributed by atoms with Gasteiger partial charge in [-0.3, -0.25) is 0 Å². The molecule has 0 radical (unpaired) electrons. The van der Waals surface area contributed by atoms with Crippen LogP contribution in [0.15, 0.2) is 37.0 Å². The Hall–Kier alpha value is -0.860. The second kappa shape index (κ2) is 7.25. The van der Waals surface area contributed by atoms with Crippen LogP contribution in [0.2, 0.25) is 0 Å². The molecule has 2 nitrogen and oxygen atoms in total. The molecule has 0 bridgehead atoms. The van der Waals surface area contributed by atoms with Crippen LogP contribution in [0.1, 0.15) is 6.42 Å². The molecule has 11 heavy (non-hydrogen) atoms. The Morgan fingerprint density at radius 3 is 2.73 bits per heavy atom. The summed E-state index contributed by atoms with van der Waals surface area (Å²) in [5, 5.41) is 8.90. The summed E-state index contributed by atoms with van der Waals surface area (Å²) in [5.41, 5.74) is 0. The minimum Gasteiger partial charge on any atom is -0.368 e. The second-order valence-corrected chi connectivity index (χ2v) is 1.97. The van der Waals surface area contributed by atoms with E-state index in [2.05, 4.69) is 11.3 Å². The van der Waals surface area contributed by atoms with Gasteiger partial charge in [-0.15, -0.1) is 0 Å². The number of ether oxygens (including phenoxy) is 1. The number of allylic oxidation sites excluding steroid dienone is 4. The van der Waals surface area contributed by atoms with Gasteiger partial charge in [0.05, 0.1) is 0 Å². The lowest BCUT2D eigenvalue weighted by Gasteiger charge is -2.02. The maximum atomic E-state index is 8.90. The van der Waals surface area contributed by atoms with E-state index in [1.165, 1.54) is 7.11 Å². The standard InChI is InChI=1S/C9H14O2/c1-3-4-5-6-7-8-9(10)11-2/h3-7,9-10H,1,8H2,2H3/b5-4-,7-6+. The van der Waals surface area contributed by atoms with E-state index in [1.807, 2.05) is 24.3 Å². The van der Waals surface area contributed by atoms with E-state index in [-0.39, 0.29) is 0 Å². The molecule has 1 unspecified atom stereocenters. The summed E-state index contributed by atoms with van der Waals surface area (Å²) in [7, 11) is 1.47. The number of aliphatic hydroxyl groups excluding tert-OH is 1. The quantitative estimate of drug-likeness (QED) is 0.482. The van der Waals surface area contributed by atoms with Crippen LogP contribution in [0.3, 0.4) is 0 Å². The summed E-state index contributed by atoms with van der Waals surface area (Å²) in [6.07, 6.45) is 8.83. The van der Waals surface area contributed by atoms with Gasteiger partial charge in [0.2, 0.25) is 0 Å². The van der Waals surface area contributed by atoms with Crippen molar-refractivity contribution in [1.82, 2.24) is 0 Å². The Bertz CT molecular complexity index is 148. The fourth-order valence-corrected chi connectivity index (χ4v) is 0.512. The summed E-state index contributed by atoms with van der Waals surface area (Å²) >= 11 is 0. The van der Waals surface area contributed by atoms with Crippen LogP contribution in [0, 0.1) is 0 Å². The van der Waals surface area contributed by atoms with Crippen molar-refractivity contribution >= 4 is 0 Å². The van der Waals surface area contributed by atoms with E-state index in [0.717, 1.165) is 0 Å². The molecule has 0 aliphatic carbocycles. The van der Waals surface area contributed by atoms with Crippen molar-refractivity contribution < 1.29 is 9.84 Å². The number of hydrogen-bond acceptors (Lipinski definition) is 2. The van der Waals surface area contributed by atoms with E-state index in [4.69, 9.17) is 5.11 Å². The average Bonchev–Trinajstić information content (AvgIpc) is 2.04. The average molecular weight is 154 g/mol. The Kier molecular flexibility index (Phi) is 6.68. The molecule has 1 N–H and O–H groups in total. The zero-order chi connectivity index (χ0) is 8.53. The molecule has 0 rings (SSSR count). The fraction of sp³-hybridized carbons (Fsp3) is 0.333. The summed E-state index contributed by atoms with van der Waals surface area (Å²) < 4.78 is 4.62. The second-order valence-electron chi connectivity index (χ2n) is 1.97. The molecule has 0 saturated carbocycles. The van der Waals surface area contributed by atoms with Crippen LogP contribution in [0.25, 0.3) is 0 Å². The maximum absolute atomic E-state index is 8.90. The van der Waals surface area contributed by atoms with Crippen molar-refractivity contribution in [3.05, 3.63) is 37.0 Å². The summed E-state index contributed by atoms with van der Waals surface area (Å²) in [4.78, 5) is 0. The minimum atomic E-state index is -0.691. The zero-order valence-electron chi connectivity index (χ0n) is 6.73. The molecule has 0 spiro atoms. The van der Waals surface area contributed by atoms with Crippen LogP contribution < -0.4 is 0 Å². The number of hydrogen-bond donors (Lipinski definition) is 1. The normalized spacial score (nSPS) is 14.4. The first-order valence-electron chi connectivity index (χ1n) is 3.46. The van der Waals surface area contributed by atoms with Gasteiger partial charge in [-0.2, -0.15) is 0 Å². The van der Waals surface area contributed by atoms with E-state index in [1.54, 1.807) is 6.08 Å². The molecule has 0 aromatic carbocycles. The first-order valence-corrected chi connectivity index (χ1v) is 3.46. The van der Waals surface area contributed by atoms with Crippen molar-refractivity contribution in [2.75, 3.05) is 7.11 Å². The third-order valence-corrected chi connectivity index (χ3v) is 1.10. The van der Waals surface area contributed by atoms with Crippen LogP contribution in [-0.2, 0) is 4.74 Å². The lowest BCUT2D eigenvalue weighted by molar-refractivity contribution is -0.0702. The van der Waals surface area contributed by atoms with Crippen molar-refractivity contribution in [1.29, 1.82) is 0 Å². The Morgan fingerprint density at radius 1 is 1.45 bits per heavy atom. The van der Waals surface area contributed by atoms with Gasteiger partial charge in [-0.1, -0.05) is 37.0 Å². The van der Waals surface area contributed by atoms with Crippen molar-refractivity contribution in [2.45, 2.75) is 12.7 Å². The highest BCUT2D eigenvalue weighted by atomic mass is 16.6. The summed E-state index contributed by atoms with van der Waals surface area (Å²) in [6.45, 7) is 3.51. The first kappa shape index (κ1) is 10.1. The van der Waals surface area contributed by atoms with Gasteiger partial charge in [0.25, 0.3) is 0 Å². The minimum absolute atomic E-state index is 0.512. The fourth-order valence-electron chi connectivity index (χ4n) is 0.512. The highest BCUT2D eigenvalue weighted by Crippen LogP contribution is 1.93. The van der Waals surface area contributed by atoms with Gasteiger partial charge in [0, 0.05) is 13.5 Å². The highest BCUT2D eigenvalue weighted by Gasteiger charge is 1.93. The Balaban J connectivity index is 3.43. The molecule has 1 atom stereocenters. The molecule has 2 heteroatoms. The van der Waals surface area contributed by atoms with Gasteiger partial charge in [0.1, 0.15) is 0 Å². The van der Waals surface area contributed by atoms with Crippen LogP contribution in [-0.4, -0.2) is 18.5 Å². The van der Waals surface area contributed by atoms with E-state index in [0.29, 0.717) is 6.42 Å². The van der Waals surface area contributed by atoms with Gasteiger partial charge < -0.3 is 9.84 Å². The SMILES string of the molecule is C=C/C=C\C=C\CC(O)OC. The van der Waals surface area contributed by atoms with Crippen LogP contribution in [0.5, 0.6) is 0 Å². The van der Waals surface area contributed by atoms with Crippen molar-refractivity contribution in [3.63, 3.8) is 0 Å². The molecule has 0 aromatic heterocycles. The molecular weight excluding hydrogens is 140 g/mol. The van der Waals surface area contributed by atoms with E-state index < -0.39 is 6.29 Å². The molecule has 0 amide bonds. The predicted molar refractivity (Wildman–Crippen MR) is 46.1 cm³/mol. The smallest absolute Gasteiger partial charge is 0.157 e. The third kappa shape index (κ3) is 7.03. The first-order chi connectivity index (χ1) is 5.31. The topological polar surface area (TPSA) is 29.5 Å². The van der Waals surface area contributed by atoms with E-state index >= 15 is 0 Å². The number of aliphatic hydroxyl groups is 1. The molecule has 0 aromatic rings. The van der Waals surface area contributed by atoms with Crippen molar-refractivity contribution in [3.8, 4) is 0 Å². The zero-order valence-corrected chi connectivity index (χ0v) is 6.73. The molecule has 0 aliphatic heterocycles. The van der Waals surface area contributed by atoms with Gasteiger partial charge in [-0.05, 0) is 0 Å². The number of rotatable bonds is 5. The van der Waals surface area contributed by atoms with Crippen LogP contribution in [0.4, 0.5) is 0 Å². The summed E-state index contributed by atoms with van der Waals surface area (Å²) in [5.74, 6) is 0. The van der Waals surface area contributed by atoms with Crippen molar-refractivity contribution in [2.24, 2.45) is 0 Å². The Labute approximate surface area is 67.5 Å². The van der Waals surface area contributed by atoms with Crippen LogP contribution >= 0.6 is 0 Å². The monoisotopic (exact) mass is 154 g/mol. The predicted octanol–water partition coefficient (Wildman–Crippen LogP) is 1.64. The maximum Gasteiger partial charge on any atom is 0.157 e. The largest absolute Gasteiger partial charge is 0.368 e. The van der Waals surface area contributed by atoms with E-state index in [9.17, 15) is 0 Å². The lowest BCUT2D eigenvalue weighted by Crippen LogP contribution is -2.06. The molecular formula is C9H14O2. The molecule has 0 fully saturated rings. The van der Waals surface area contributed by atoms with Gasteiger partial charge in [0.15, 0.2) is 6.29 Å². The third-order valence-electron chi connectivity index (χ3n) is 1.10. The molecule has 0 aliphatic rings. The van der Waals surface area contributed by atoms with Gasteiger partial charge in [-0.25, -0.2) is 0 Å². The molecule has 62 valence electrons. The molecule has 0 saturated heterocycles. The lowest BCUT2D eigenvalue weighted by atomic mass is 10.3. The number of methoxy groups -OCH3 is 1. The highest BCUT2D eigenvalue weighted by molar-refractivity contribution is 5.08.